The van der Waals surface area contributed by atoms with Crippen molar-refractivity contribution in [2.75, 3.05) is 0 Å². The number of hydrogen-bond donors (Lipinski definition) is 2. The molecule has 0 aliphatic rings. The Morgan fingerprint density at radius 2 is 2.22 bits per heavy atom. The molecular formula is C2H3N3O3S. The highest BCUT2D eigenvalue weighted by atomic mass is 32.2. The molecule has 0 atom stereocenters. The molecule has 6 nitrogen and oxygen atoms in total. The Kier molecular flexibility index (Phi) is 2.12. The molecule has 3 N–H and O–H groups in total. The van der Waals surface area contributed by atoms with E-state index < -0.39 is 15.1 Å². The molecule has 0 heterocycles. The first-order chi connectivity index (χ1) is 4.02. The summed E-state index contributed by atoms with van der Waals surface area (Å²) in [5.41, 5.74) is 0. The molecule has 0 aromatic rings. The molecule has 9 heavy (non-hydrogen) atoms. The average Bonchev–Trinajstić information content (AvgIpc) is 1.65. The molecule has 0 aliphatic carbocycles. The van der Waals surface area contributed by atoms with Gasteiger partial charge in [-0.15, -0.1) is 0 Å². The normalized spacial score (nSPS) is 12.7. The van der Waals surface area contributed by atoms with Crippen LogP contribution in [0.25, 0.3) is 0 Å². The molecule has 0 fully saturated rings. The summed E-state index contributed by atoms with van der Waals surface area (Å²) in [6.07, 6.45) is 0. The van der Waals surface area contributed by atoms with E-state index in [0.717, 1.165) is 6.07 Å². The van der Waals surface area contributed by atoms with Crippen molar-refractivity contribution in [2.24, 2.45) is 10.3 Å². The minimum atomic E-state index is -4.13. The van der Waals surface area contributed by atoms with Crippen LogP contribution >= 0.6 is 0 Å². The van der Waals surface area contributed by atoms with Gasteiger partial charge in [-0.1, -0.05) is 5.16 Å². The van der Waals surface area contributed by atoms with Crippen LogP contribution in [0.15, 0.2) is 5.16 Å². The maximum Gasteiger partial charge on any atom is 0.285 e. The molecule has 0 aliphatic heterocycles. The first-order valence-electron chi connectivity index (χ1n) is 1.67. The van der Waals surface area contributed by atoms with Crippen LogP contribution in [0, 0.1) is 11.3 Å². The number of nitrogens with zero attached hydrogens (tertiary/aromatic N) is 2. The van der Waals surface area contributed by atoms with E-state index in [4.69, 9.17) is 10.5 Å². The van der Waals surface area contributed by atoms with Crippen molar-refractivity contribution in [2.45, 2.75) is 0 Å². The van der Waals surface area contributed by atoms with Crippen LogP contribution in [0.4, 0.5) is 0 Å². The fourth-order valence-corrected chi connectivity index (χ4v) is 0.384. The monoisotopic (exact) mass is 149 g/mol. The lowest BCUT2D eigenvalue weighted by Crippen LogP contribution is -2.21. The van der Waals surface area contributed by atoms with E-state index in [1.165, 1.54) is 0 Å². The van der Waals surface area contributed by atoms with Gasteiger partial charge in [0.2, 0.25) is 0 Å². The van der Waals surface area contributed by atoms with E-state index in [2.05, 4.69) is 10.3 Å². The van der Waals surface area contributed by atoms with Gasteiger partial charge in [-0.25, -0.2) is 13.6 Å². The Morgan fingerprint density at radius 1 is 1.78 bits per heavy atom. The zero-order chi connectivity index (χ0) is 7.49. The van der Waals surface area contributed by atoms with Crippen LogP contribution < -0.4 is 5.14 Å². The molecule has 0 spiro atoms. The van der Waals surface area contributed by atoms with E-state index in [-0.39, 0.29) is 0 Å². The number of hydrogen-bond acceptors (Lipinski definition) is 5. The van der Waals surface area contributed by atoms with E-state index in [1.807, 2.05) is 0 Å². The van der Waals surface area contributed by atoms with E-state index >= 15 is 0 Å². The van der Waals surface area contributed by atoms with Gasteiger partial charge in [-0.2, -0.15) is 5.26 Å². The van der Waals surface area contributed by atoms with Gasteiger partial charge in [0.05, 0.1) is 0 Å². The second kappa shape index (κ2) is 2.43. The molecule has 0 radical (unpaired) electrons. The SMILES string of the molecule is N#C/C(=N\O)S(N)(=O)=O. The third-order valence-electron chi connectivity index (χ3n) is 0.456. The smallest absolute Gasteiger partial charge is 0.285 e. The van der Waals surface area contributed by atoms with Gasteiger partial charge in [-0.3, -0.25) is 0 Å². The quantitative estimate of drug-likeness (QED) is 0.190. The Bertz CT molecular complexity index is 257. The van der Waals surface area contributed by atoms with Crippen molar-refractivity contribution >= 4 is 15.1 Å². The Morgan fingerprint density at radius 3 is 2.22 bits per heavy atom. The van der Waals surface area contributed by atoms with Gasteiger partial charge in [0.15, 0.2) is 0 Å². The van der Waals surface area contributed by atoms with Crippen molar-refractivity contribution in [3.8, 4) is 6.07 Å². The fraction of sp³-hybridized carbons (Fsp3) is 0. The van der Waals surface area contributed by atoms with Crippen LogP contribution in [-0.4, -0.2) is 18.7 Å². The third-order valence-corrected chi connectivity index (χ3v) is 1.17. The van der Waals surface area contributed by atoms with Gasteiger partial charge < -0.3 is 5.21 Å². The highest BCUT2D eigenvalue weighted by molar-refractivity contribution is 8.05. The van der Waals surface area contributed by atoms with Gasteiger partial charge in [0, 0.05) is 0 Å². The molecule has 0 amide bonds. The van der Waals surface area contributed by atoms with Crippen molar-refractivity contribution < 1.29 is 13.6 Å². The zero-order valence-electron chi connectivity index (χ0n) is 4.14. The summed E-state index contributed by atoms with van der Waals surface area (Å²) in [7, 11) is -4.13. The molecule has 0 rings (SSSR count). The van der Waals surface area contributed by atoms with Crippen molar-refractivity contribution in [3.63, 3.8) is 0 Å². The van der Waals surface area contributed by atoms with E-state index in [9.17, 15) is 8.42 Å². The van der Waals surface area contributed by atoms with Gasteiger partial charge in [0.1, 0.15) is 6.07 Å². The number of primary sulfonamides is 1. The maximum atomic E-state index is 10.1. The van der Waals surface area contributed by atoms with Gasteiger partial charge in [0.25, 0.3) is 15.1 Å². The molecular weight excluding hydrogens is 146 g/mol. The van der Waals surface area contributed by atoms with Gasteiger partial charge >= 0.3 is 0 Å². The summed E-state index contributed by atoms with van der Waals surface area (Å²) in [5, 5.41) is 21.0. The Hall–Kier alpha value is -1.13. The average molecular weight is 149 g/mol. The lowest BCUT2D eigenvalue weighted by molar-refractivity contribution is 0.321. The van der Waals surface area contributed by atoms with Crippen LogP contribution in [0.3, 0.4) is 0 Å². The number of rotatable bonds is 0. The largest absolute Gasteiger partial charge is 0.409 e. The summed E-state index contributed by atoms with van der Waals surface area (Å²) in [6.45, 7) is 0. The molecule has 0 saturated carbocycles. The molecule has 7 heteroatoms. The molecule has 0 bridgehead atoms. The number of nitriles is 1. The van der Waals surface area contributed by atoms with Crippen molar-refractivity contribution in [3.05, 3.63) is 0 Å². The fourth-order valence-electron chi connectivity index (χ4n) is 0.143. The topological polar surface area (TPSA) is 117 Å². The van der Waals surface area contributed by atoms with Crippen LogP contribution in [0.2, 0.25) is 0 Å². The van der Waals surface area contributed by atoms with Crippen LogP contribution in [0.5, 0.6) is 0 Å². The predicted molar refractivity (Wildman–Crippen MR) is 27.9 cm³/mol. The first kappa shape index (κ1) is 7.87. The molecule has 0 aromatic heterocycles. The molecule has 0 unspecified atom stereocenters. The maximum absolute atomic E-state index is 10.1. The lowest BCUT2D eigenvalue weighted by Gasteiger charge is -1.85. The Labute approximate surface area is 51.2 Å². The standard InChI is InChI=1S/C2H3N3O3S/c3-1-2(5-6)9(4,7)8/h6H,(H2,4,7,8)/b5-2+. The van der Waals surface area contributed by atoms with Gasteiger partial charge in [-0.05, 0) is 0 Å². The summed E-state index contributed by atoms with van der Waals surface area (Å²) in [5.74, 6) is 0. The molecule has 50 valence electrons. The molecule has 0 aromatic carbocycles. The van der Waals surface area contributed by atoms with Crippen LogP contribution in [0.1, 0.15) is 0 Å². The minimum absolute atomic E-state index is 1.08. The number of oxime groups is 1. The summed E-state index contributed by atoms with van der Waals surface area (Å²) >= 11 is 0. The minimum Gasteiger partial charge on any atom is -0.409 e. The Balaban J connectivity index is 4.85. The number of nitrogens with two attached hydrogens (primary N) is 1. The highest BCUT2D eigenvalue weighted by Crippen LogP contribution is 1.80. The van der Waals surface area contributed by atoms with E-state index in [0.29, 0.717) is 0 Å². The third kappa shape index (κ3) is 2.07. The zero-order valence-corrected chi connectivity index (χ0v) is 4.96. The van der Waals surface area contributed by atoms with Crippen LogP contribution in [-0.2, 0) is 10.0 Å². The van der Waals surface area contributed by atoms with Crippen molar-refractivity contribution in [1.29, 1.82) is 5.26 Å². The molecule has 0 saturated heterocycles. The summed E-state index contributed by atoms with van der Waals surface area (Å²) in [6, 6.07) is 1.08. The second-order valence-corrected chi connectivity index (χ2v) is 2.54. The summed E-state index contributed by atoms with van der Waals surface area (Å²) < 4.78 is 20.1. The predicted octanol–water partition coefficient (Wildman–Crippen LogP) is -1.41. The second-order valence-electron chi connectivity index (χ2n) is 1.06. The van der Waals surface area contributed by atoms with Crippen molar-refractivity contribution in [1.82, 2.24) is 0 Å². The number of sulfonamides is 1. The first-order valence-corrected chi connectivity index (χ1v) is 3.22. The lowest BCUT2D eigenvalue weighted by atomic mass is 10.8. The van der Waals surface area contributed by atoms with E-state index in [1.54, 1.807) is 0 Å². The summed E-state index contributed by atoms with van der Waals surface area (Å²) in [4.78, 5) is 0. The highest BCUT2D eigenvalue weighted by Gasteiger charge is 2.12.